The Morgan fingerprint density at radius 3 is 3.15 bits per heavy atom. The van der Waals surface area contributed by atoms with E-state index in [-0.39, 0.29) is 6.01 Å². The van der Waals surface area contributed by atoms with Gasteiger partial charge in [0.15, 0.2) is 0 Å². The van der Waals surface area contributed by atoms with Gasteiger partial charge >= 0.3 is 0 Å². The summed E-state index contributed by atoms with van der Waals surface area (Å²) in [6.07, 6.45) is 1.57. The molecule has 2 aromatic rings. The van der Waals surface area contributed by atoms with Gasteiger partial charge in [-0.05, 0) is 0 Å². The Bertz CT molecular complexity index is 370. The van der Waals surface area contributed by atoms with E-state index in [0.29, 0.717) is 12.3 Å². The zero-order valence-electron chi connectivity index (χ0n) is 6.60. The summed E-state index contributed by atoms with van der Waals surface area (Å²) in [5, 5.41) is 11.2. The van der Waals surface area contributed by atoms with E-state index in [1.807, 2.05) is 0 Å². The van der Waals surface area contributed by atoms with E-state index < -0.39 is 0 Å². The molecule has 0 aliphatic heterocycles. The quantitative estimate of drug-likeness (QED) is 0.753. The lowest BCUT2D eigenvalue weighted by molar-refractivity contribution is 0.531. The van der Waals surface area contributed by atoms with Crippen molar-refractivity contribution in [3.05, 3.63) is 17.5 Å². The van der Waals surface area contributed by atoms with E-state index in [4.69, 9.17) is 10.2 Å². The molecule has 7 heteroatoms. The average molecular weight is 197 g/mol. The van der Waals surface area contributed by atoms with Crippen molar-refractivity contribution in [2.45, 2.75) is 6.54 Å². The standard InChI is InChI=1S/C6H7N5OS/c7-5-8-1-4(12-5)2-9-6-11-10-3-13-6/h1,3H,2H2,(H2,7,8)(H,9,11). The zero-order chi connectivity index (χ0) is 9.10. The van der Waals surface area contributed by atoms with Gasteiger partial charge < -0.3 is 15.5 Å². The summed E-state index contributed by atoms with van der Waals surface area (Å²) in [7, 11) is 0. The normalized spacial score (nSPS) is 10.2. The van der Waals surface area contributed by atoms with E-state index in [1.54, 1.807) is 11.7 Å². The van der Waals surface area contributed by atoms with Gasteiger partial charge in [-0.2, -0.15) is 0 Å². The first-order chi connectivity index (χ1) is 6.34. The van der Waals surface area contributed by atoms with Crippen molar-refractivity contribution in [2.24, 2.45) is 0 Å². The molecule has 0 amide bonds. The minimum Gasteiger partial charge on any atom is -0.427 e. The maximum Gasteiger partial charge on any atom is 0.292 e. The van der Waals surface area contributed by atoms with Gasteiger partial charge in [-0.25, -0.2) is 4.98 Å². The molecule has 13 heavy (non-hydrogen) atoms. The van der Waals surface area contributed by atoms with E-state index >= 15 is 0 Å². The van der Waals surface area contributed by atoms with Crippen LogP contribution < -0.4 is 11.1 Å². The van der Waals surface area contributed by atoms with Crippen LogP contribution in [0.1, 0.15) is 5.76 Å². The number of nitrogens with one attached hydrogen (secondary N) is 1. The molecule has 0 spiro atoms. The first-order valence-corrected chi connectivity index (χ1v) is 4.43. The van der Waals surface area contributed by atoms with Crippen molar-refractivity contribution >= 4 is 22.5 Å². The minimum absolute atomic E-state index is 0.175. The first-order valence-electron chi connectivity index (χ1n) is 3.55. The smallest absolute Gasteiger partial charge is 0.292 e. The van der Waals surface area contributed by atoms with Gasteiger partial charge in [-0.1, -0.05) is 11.3 Å². The molecule has 0 unspecified atom stereocenters. The van der Waals surface area contributed by atoms with E-state index in [1.165, 1.54) is 11.3 Å². The second kappa shape index (κ2) is 3.40. The van der Waals surface area contributed by atoms with Crippen molar-refractivity contribution in [2.75, 3.05) is 11.1 Å². The van der Waals surface area contributed by atoms with E-state index in [9.17, 15) is 0 Å². The van der Waals surface area contributed by atoms with Crippen molar-refractivity contribution in [3.8, 4) is 0 Å². The van der Waals surface area contributed by atoms with Gasteiger partial charge in [0.2, 0.25) is 5.13 Å². The molecular weight excluding hydrogens is 190 g/mol. The molecule has 0 fully saturated rings. The molecule has 0 aromatic carbocycles. The van der Waals surface area contributed by atoms with Crippen LogP contribution in [0.5, 0.6) is 0 Å². The lowest BCUT2D eigenvalue weighted by Crippen LogP contribution is -1.97. The molecule has 2 heterocycles. The van der Waals surface area contributed by atoms with E-state index in [0.717, 1.165) is 5.13 Å². The predicted molar refractivity (Wildman–Crippen MR) is 48.2 cm³/mol. The van der Waals surface area contributed by atoms with Crippen LogP contribution in [-0.2, 0) is 6.54 Å². The number of aromatic nitrogens is 3. The Labute approximate surface area is 77.8 Å². The average Bonchev–Trinajstić information content (AvgIpc) is 2.71. The van der Waals surface area contributed by atoms with Crippen LogP contribution in [0.25, 0.3) is 0 Å². The van der Waals surface area contributed by atoms with Crippen LogP contribution in [0.3, 0.4) is 0 Å². The molecule has 0 saturated heterocycles. The maximum absolute atomic E-state index is 5.30. The summed E-state index contributed by atoms with van der Waals surface area (Å²) in [4.78, 5) is 3.76. The molecule has 2 aromatic heterocycles. The van der Waals surface area contributed by atoms with Crippen LogP contribution >= 0.6 is 11.3 Å². The first kappa shape index (κ1) is 7.99. The monoisotopic (exact) mass is 197 g/mol. The maximum atomic E-state index is 5.30. The highest BCUT2D eigenvalue weighted by atomic mass is 32.1. The SMILES string of the molecule is Nc1ncc(CNc2nncs2)o1. The van der Waals surface area contributed by atoms with Gasteiger partial charge in [-0.15, -0.1) is 10.2 Å². The fourth-order valence-electron chi connectivity index (χ4n) is 0.817. The van der Waals surface area contributed by atoms with E-state index in [2.05, 4.69) is 20.5 Å². The Balaban J connectivity index is 1.93. The number of hydrogen-bond donors (Lipinski definition) is 2. The Kier molecular flexibility index (Phi) is 2.09. The summed E-state index contributed by atoms with van der Waals surface area (Å²) >= 11 is 1.42. The molecule has 3 N–H and O–H groups in total. The molecular formula is C6H7N5OS. The Morgan fingerprint density at radius 1 is 1.62 bits per heavy atom. The topological polar surface area (TPSA) is 89.9 Å². The van der Waals surface area contributed by atoms with Crippen molar-refractivity contribution in [1.29, 1.82) is 0 Å². The summed E-state index contributed by atoms with van der Waals surface area (Å²) in [5.41, 5.74) is 6.95. The van der Waals surface area contributed by atoms with Crippen LogP contribution in [0.4, 0.5) is 11.1 Å². The number of nitrogens with zero attached hydrogens (tertiary/aromatic N) is 3. The third-order valence-corrected chi connectivity index (χ3v) is 1.99. The minimum atomic E-state index is 0.175. The van der Waals surface area contributed by atoms with Crippen LogP contribution in [0.2, 0.25) is 0 Å². The highest BCUT2D eigenvalue weighted by Crippen LogP contribution is 2.11. The molecule has 0 atom stereocenters. The van der Waals surface area contributed by atoms with Crippen LogP contribution in [0.15, 0.2) is 16.1 Å². The fourth-order valence-corrected chi connectivity index (χ4v) is 1.26. The van der Waals surface area contributed by atoms with Crippen molar-refractivity contribution in [3.63, 3.8) is 0 Å². The molecule has 0 aliphatic rings. The van der Waals surface area contributed by atoms with Gasteiger partial charge in [0.05, 0.1) is 12.7 Å². The summed E-state index contributed by atoms with van der Waals surface area (Å²) in [6.45, 7) is 0.513. The van der Waals surface area contributed by atoms with Crippen LogP contribution in [-0.4, -0.2) is 15.2 Å². The predicted octanol–water partition coefficient (Wildman–Crippen LogP) is 0.720. The van der Waals surface area contributed by atoms with Gasteiger partial charge in [0, 0.05) is 0 Å². The number of rotatable bonds is 3. The second-order valence-corrected chi connectivity index (χ2v) is 3.10. The van der Waals surface area contributed by atoms with Gasteiger partial charge in [0.25, 0.3) is 6.01 Å². The summed E-state index contributed by atoms with van der Waals surface area (Å²) < 4.78 is 5.04. The molecule has 0 radical (unpaired) electrons. The van der Waals surface area contributed by atoms with Crippen LogP contribution in [0, 0.1) is 0 Å². The Morgan fingerprint density at radius 2 is 2.54 bits per heavy atom. The number of oxazole rings is 1. The Hall–Kier alpha value is -1.63. The number of nitrogens with two attached hydrogens (primary N) is 1. The second-order valence-electron chi connectivity index (χ2n) is 2.26. The molecule has 6 nitrogen and oxygen atoms in total. The largest absolute Gasteiger partial charge is 0.427 e. The third kappa shape index (κ3) is 1.94. The lowest BCUT2D eigenvalue weighted by Gasteiger charge is -1.95. The molecule has 0 saturated carbocycles. The van der Waals surface area contributed by atoms with Gasteiger partial charge in [0.1, 0.15) is 11.3 Å². The highest BCUT2D eigenvalue weighted by Gasteiger charge is 2.01. The van der Waals surface area contributed by atoms with Crippen molar-refractivity contribution in [1.82, 2.24) is 15.2 Å². The zero-order valence-corrected chi connectivity index (χ0v) is 7.41. The fraction of sp³-hybridized carbons (Fsp3) is 0.167. The summed E-state index contributed by atoms with van der Waals surface area (Å²) in [6, 6.07) is 0.175. The molecule has 0 aliphatic carbocycles. The number of nitrogen functional groups attached to an aromatic ring is 1. The molecule has 68 valence electrons. The van der Waals surface area contributed by atoms with Gasteiger partial charge in [-0.3, -0.25) is 0 Å². The van der Waals surface area contributed by atoms with Crippen molar-refractivity contribution < 1.29 is 4.42 Å². The lowest BCUT2D eigenvalue weighted by atomic mass is 10.5. The summed E-state index contributed by atoms with van der Waals surface area (Å²) in [5.74, 6) is 0.674. The highest BCUT2D eigenvalue weighted by molar-refractivity contribution is 7.13. The number of anilines is 2. The molecule has 2 rings (SSSR count). The number of hydrogen-bond acceptors (Lipinski definition) is 7. The third-order valence-electron chi connectivity index (χ3n) is 1.35. The molecule has 0 bridgehead atoms.